The number of H-pyrrole nitrogens is 1. The number of alkyl halides is 1. The molecule has 37 heavy (non-hydrogen) atoms. The minimum atomic E-state index is -0.700. The number of halogens is 2. The summed E-state index contributed by atoms with van der Waals surface area (Å²) in [4.78, 5) is 21.1. The number of carbonyl (C=O) groups is 1. The van der Waals surface area contributed by atoms with E-state index in [2.05, 4.69) is 34.4 Å². The Labute approximate surface area is 226 Å². The summed E-state index contributed by atoms with van der Waals surface area (Å²) < 4.78 is 32.4. The Morgan fingerprint density at radius 3 is 2.81 bits per heavy atom. The van der Waals surface area contributed by atoms with Crippen LogP contribution in [-0.2, 0) is 3.07 Å². The van der Waals surface area contributed by atoms with E-state index < -0.39 is 27.4 Å². The summed E-state index contributed by atoms with van der Waals surface area (Å²) in [6, 6.07) is 6.52. The number of amides is 1. The number of carbonyl (C=O) groups excluding carboxylic acids is 1. The van der Waals surface area contributed by atoms with Gasteiger partial charge in [-0.3, -0.25) is 0 Å². The molecule has 0 saturated heterocycles. The van der Waals surface area contributed by atoms with Gasteiger partial charge in [-0.2, -0.15) is 0 Å². The van der Waals surface area contributed by atoms with E-state index in [0.29, 0.717) is 60.0 Å². The van der Waals surface area contributed by atoms with Gasteiger partial charge < -0.3 is 0 Å². The van der Waals surface area contributed by atoms with Gasteiger partial charge in [0.05, 0.1) is 0 Å². The van der Waals surface area contributed by atoms with Gasteiger partial charge >= 0.3 is 227 Å². The Morgan fingerprint density at radius 2 is 2.00 bits per heavy atom. The van der Waals surface area contributed by atoms with E-state index in [1.807, 2.05) is 6.07 Å². The van der Waals surface area contributed by atoms with E-state index in [1.54, 1.807) is 24.5 Å². The molecule has 2 aromatic heterocycles. The van der Waals surface area contributed by atoms with Crippen LogP contribution in [0.2, 0.25) is 0 Å². The summed E-state index contributed by atoms with van der Waals surface area (Å²) in [6.07, 6.45) is 5.28. The quantitative estimate of drug-likeness (QED) is 0.307. The van der Waals surface area contributed by atoms with Crippen LogP contribution in [0.5, 0.6) is 11.5 Å². The van der Waals surface area contributed by atoms with Crippen LogP contribution in [0.15, 0.2) is 36.7 Å². The Balaban J connectivity index is 1.65. The number of hydrogen-bond donors (Lipinski definition) is 3. The van der Waals surface area contributed by atoms with Crippen molar-refractivity contribution >= 4 is 17.3 Å². The van der Waals surface area contributed by atoms with Gasteiger partial charge in [0.25, 0.3) is 0 Å². The number of nitrogens with zero attached hydrogens (tertiary/aromatic N) is 1. The number of aromatic amines is 1. The summed E-state index contributed by atoms with van der Waals surface area (Å²) in [6.45, 7) is 6.26. The van der Waals surface area contributed by atoms with E-state index in [4.69, 9.17) is 12.5 Å². The molecule has 0 saturated carbocycles. The van der Waals surface area contributed by atoms with Gasteiger partial charge in [0.2, 0.25) is 0 Å². The maximum atomic E-state index is 14.5. The minimum absolute atomic E-state index is 0.0410. The molecule has 3 atom stereocenters. The first-order valence-electron chi connectivity index (χ1n) is 12.4. The van der Waals surface area contributed by atoms with Crippen LogP contribution >= 0.6 is 0 Å². The Hall–Kier alpha value is -2.86. The SMILES string of the molecule is COc1c(F)cccc1Nc1c2[nH]c3c1C(=O)NCC3[I-]OCCC(C)C(C)CCOc1cnccc1-2. The van der Waals surface area contributed by atoms with Crippen molar-refractivity contribution in [2.45, 2.75) is 30.6 Å². The molecule has 0 fully saturated rings. The van der Waals surface area contributed by atoms with E-state index in [-0.39, 0.29) is 15.6 Å². The first-order chi connectivity index (χ1) is 18.0. The number of ether oxygens (including phenoxy) is 2. The summed E-state index contributed by atoms with van der Waals surface area (Å²) in [5.74, 6) is 1.00. The first-order valence-corrected chi connectivity index (χ1v) is 14.6. The molecule has 2 bridgehead atoms. The maximum absolute atomic E-state index is 14.5. The molecule has 5 rings (SSSR count). The fraction of sp³-hybridized carbons (Fsp3) is 0.407. The summed E-state index contributed by atoms with van der Waals surface area (Å²) in [5, 5.41) is 6.33. The fourth-order valence-corrected chi connectivity index (χ4v) is 6.76. The Morgan fingerprint density at radius 1 is 1.19 bits per heavy atom. The Kier molecular flexibility index (Phi) is 7.84. The van der Waals surface area contributed by atoms with Gasteiger partial charge in [-0.1, -0.05) is 0 Å². The molecular weight excluding hydrogens is 590 g/mol. The zero-order valence-electron chi connectivity index (χ0n) is 21.1. The number of benzene rings is 1. The second-order valence-corrected chi connectivity index (χ2v) is 12.1. The summed E-state index contributed by atoms with van der Waals surface area (Å²) in [7, 11) is 1.42. The Bertz CT molecular complexity index is 1280. The topological polar surface area (TPSA) is 97.5 Å². The summed E-state index contributed by atoms with van der Waals surface area (Å²) >= 11 is -0.700. The third kappa shape index (κ3) is 5.26. The molecule has 10 heteroatoms. The number of fused-ring (bicyclic) bond motifs is 3. The van der Waals surface area contributed by atoms with Crippen molar-refractivity contribution in [2.75, 3.05) is 32.2 Å². The molecule has 1 aromatic carbocycles. The third-order valence-electron chi connectivity index (χ3n) is 7.12. The van der Waals surface area contributed by atoms with Crippen molar-refractivity contribution in [1.82, 2.24) is 15.3 Å². The van der Waals surface area contributed by atoms with Gasteiger partial charge in [0, 0.05) is 0 Å². The van der Waals surface area contributed by atoms with Gasteiger partial charge in [-0.15, -0.1) is 0 Å². The van der Waals surface area contributed by atoms with Crippen molar-refractivity contribution in [3.63, 3.8) is 0 Å². The molecule has 1 amide bonds. The van der Waals surface area contributed by atoms with Crippen LogP contribution in [-0.4, -0.2) is 42.7 Å². The monoisotopic (exact) mass is 621 g/mol. The van der Waals surface area contributed by atoms with E-state index in [9.17, 15) is 9.18 Å². The fourth-order valence-electron chi connectivity index (χ4n) is 4.69. The molecular formula is C27H31FIN4O4-. The zero-order chi connectivity index (χ0) is 25.9. The average Bonchev–Trinajstić information content (AvgIpc) is 3.27. The second kappa shape index (κ2) is 11.3. The molecule has 4 heterocycles. The van der Waals surface area contributed by atoms with Crippen LogP contribution in [0.1, 0.15) is 46.7 Å². The van der Waals surface area contributed by atoms with Crippen LogP contribution < -0.4 is 41.7 Å². The molecule has 2 aliphatic heterocycles. The van der Waals surface area contributed by atoms with Gasteiger partial charge in [0.1, 0.15) is 0 Å². The van der Waals surface area contributed by atoms with Crippen molar-refractivity contribution in [3.8, 4) is 22.8 Å². The number of rotatable bonds is 3. The molecule has 3 N–H and O–H groups in total. The van der Waals surface area contributed by atoms with Crippen molar-refractivity contribution in [1.29, 1.82) is 0 Å². The number of pyridine rings is 1. The van der Waals surface area contributed by atoms with Crippen LogP contribution in [0.4, 0.5) is 15.8 Å². The van der Waals surface area contributed by atoms with E-state index in [1.165, 1.54) is 13.2 Å². The molecule has 3 unspecified atom stereocenters. The normalized spacial score (nSPS) is 22.3. The molecule has 2 aliphatic rings. The zero-order valence-corrected chi connectivity index (χ0v) is 23.2. The van der Waals surface area contributed by atoms with Crippen LogP contribution in [0.25, 0.3) is 11.3 Å². The molecule has 0 aliphatic carbocycles. The van der Waals surface area contributed by atoms with Gasteiger partial charge in [0.15, 0.2) is 0 Å². The number of nitrogens with one attached hydrogen (secondary N) is 3. The van der Waals surface area contributed by atoms with Crippen LogP contribution in [0.3, 0.4) is 0 Å². The number of anilines is 2. The van der Waals surface area contributed by atoms with Gasteiger partial charge in [-0.05, 0) is 0 Å². The first kappa shape index (κ1) is 25.8. The number of aromatic nitrogens is 2. The van der Waals surface area contributed by atoms with E-state index in [0.717, 1.165) is 24.1 Å². The molecule has 198 valence electrons. The number of hydrogen-bond acceptors (Lipinski definition) is 6. The number of methoxy groups -OCH3 is 1. The van der Waals surface area contributed by atoms with Crippen molar-refractivity contribution < 1.29 is 43.3 Å². The predicted molar refractivity (Wildman–Crippen MR) is 134 cm³/mol. The van der Waals surface area contributed by atoms with Crippen molar-refractivity contribution in [2.24, 2.45) is 11.8 Å². The second-order valence-electron chi connectivity index (χ2n) is 9.44. The molecule has 0 spiro atoms. The average molecular weight is 621 g/mol. The molecule has 0 radical (unpaired) electrons. The van der Waals surface area contributed by atoms with E-state index >= 15 is 0 Å². The number of para-hydroxylation sites is 1. The standard InChI is InChI=1S/C27H31FIN4O4/c1-15-8-11-36-21-14-30-10-7-17(21)23-25(32-20-6-4-5-18(28)26(20)35-3)22-24(33-23)19(13-31-27(22)34)29-37-12-9-16(15)2/h4-7,10,14-16,19,32-33H,8-9,11-13H2,1-3H3,(H,31,34)/q-1. The summed E-state index contributed by atoms with van der Waals surface area (Å²) in [5.41, 5.74) is 3.72. The van der Waals surface area contributed by atoms with Crippen LogP contribution in [0, 0.1) is 17.7 Å². The third-order valence-corrected chi connectivity index (χ3v) is 9.60. The van der Waals surface area contributed by atoms with Gasteiger partial charge in [-0.25, -0.2) is 0 Å². The van der Waals surface area contributed by atoms with Crippen molar-refractivity contribution in [3.05, 3.63) is 53.7 Å². The molecule has 3 aromatic rings. The molecule has 8 nitrogen and oxygen atoms in total. The predicted octanol–water partition coefficient (Wildman–Crippen LogP) is 2.22.